The zero-order valence-electron chi connectivity index (χ0n) is 14.4. The van der Waals surface area contributed by atoms with Gasteiger partial charge in [0.2, 0.25) is 0 Å². The summed E-state index contributed by atoms with van der Waals surface area (Å²) < 4.78 is 0. The first-order valence-electron chi connectivity index (χ1n) is 8.82. The fraction of sp³-hybridized carbons (Fsp3) is 0.700. The highest BCUT2D eigenvalue weighted by molar-refractivity contribution is 5.29. The summed E-state index contributed by atoms with van der Waals surface area (Å²) >= 11 is 0. The quantitative estimate of drug-likeness (QED) is 0.752. The fourth-order valence-electron chi connectivity index (χ4n) is 3.88. The van der Waals surface area contributed by atoms with Gasteiger partial charge in [-0.3, -0.25) is 0 Å². The highest BCUT2D eigenvalue weighted by Crippen LogP contribution is 2.33. The molecule has 0 amide bonds. The highest BCUT2D eigenvalue weighted by atomic mass is 14.9. The lowest BCUT2D eigenvalue weighted by molar-refractivity contribution is 0.316. The molecule has 1 aliphatic carbocycles. The van der Waals surface area contributed by atoms with Crippen LogP contribution in [0.2, 0.25) is 0 Å². The Morgan fingerprint density at radius 3 is 2.19 bits per heavy atom. The maximum Gasteiger partial charge on any atom is -0.00146 e. The van der Waals surface area contributed by atoms with Crippen molar-refractivity contribution in [3.63, 3.8) is 0 Å². The van der Waals surface area contributed by atoms with Crippen molar-refractivity contribution in [1.82, 2.24) is 5.32 Å². The van der Waals surface area contributed by atoms with Crippen LogP contribution in [0.25, 0.3) is 0 Å². The molecule has 0 aliphatic heterocycles. The third kappa shape index (κ3) is 5.47. The van der Waals surface area contributed by atoms with Gasteiger partial charge in [-0.05, 0) is 56.7 Å². The van der Waals surface area contributed by atoms with E-state index in [-0.39, 0.29) is 0 Å². The van der Waals surface area contributed by atoms with Crippen LogP contribution >= 0.6 is 0 Å². The van der Waals surface area contributed by atoms with Gasteiger partial charge < -0.3 is 5.32 Å². The van der Waals surface area contributed by atoms with Crippen LogP contribution in [0.15, 0.2) is 18.2 Å². The Kier molecular flexibility index (Phi) is 6.29. The smallest absolute Gasteiger partial charge is 0.00146 e. The molecule has 1 aliphatic rings. The van der Waals surface area contributed by atoms with E-state index in [4.69, 9.17) is 0 Å². The molecular weight excluding hydrogens is 254 g/mol. The number of nitrogens with one attached hydrogen (secondary N) is 1. The fourth-order valence-corrected chi connectivity index (χ4v) is 3.88. The van der Waals surface area contributed by atoms with Crippen LogP contribution in [0.5, 0.6) is 0 Å². The normalized spacial score (nSPS) is 17.6. The lowest BCUT2D eigenvalue weighted by atomic mass is 9.85. The molecule has 1 fully saturated rings. The van der Waals surface area contributed by atoms with Crippen LogP contribution in [0.3, 0.4) is 0 Å². The predicted octanol–water partition coefficient (Wildman–Crippen LogP) is 4.90. The Morgan fingerprint density at radius 1 is 1.00 bits per heavy atom. The van der Waals surface area contributed by atoms with Gasteiger partial charge in [0, 0.05) is 0 Å². The SMILES string of the molecule is Cc1cc(C)cc(CC(CNCC(C)C)C2CCCC2)c1. The van der Waals surface area contributed by atoms with Crippen LogP contribution in [0.4, 0.5) is 0 Å². The molecule has 1 nitrogen and oxygen atoms in total. The number of rotatable bonds is 7. The van der Waals surface area contributed by atoms with E-state index >= 15 is 0 Å². The van der Waals surface area contributed by atoms with E-state index in [1.54, 1.807) is 0 Å². The molecule has 0 radical (unpaired) electrons. The number of aryl methyl sites for hydroxylation is 2. The standard InChI is InChI=1S/C20H33N/c1-15(2)13-21-14-20(19-7-5-6-8-19)12-18-10-16(3)9-17(4)11-18/h9-11,15,19-21H,5-8,12-14H2,1-4H3. The Morgan fingerprint density at radius 2 is 1.62 bits per heavy atom. The second-order valence-electron chi connectivity index (χ2n) is 7.56. The Balaban J connectivity index is 2.00. The van der Waals surface area contributed by atoms with E-state index in [2.05, 4.69) is 51.2 Å². The minimum Gasteiger partial charge on any atom is -0.316 e. The first-order chi connectivity index (χ1) is 10.0. The van der Waals surface area contributed by atoms with Crippen LogP contribution < -0.4 is 5.32 Å². The first-order valence-corrected chi connectivity index (χ1v) is 8.82. The van der Waals surface area contributed by atoms with E-state index in [0.29, 0.717) is 0 Å². The van der Waals surface area contributed by atoms with Gasteiger partial charge in [-0.1, -0.05) is 68.9 Å². The summed E-state index contributed by atoms with van der Waals surface area (Å²) in [7, 11) is 0. The van der Waals surface area contributed by atoms with Crippen molar-refractivity contribution in [2.75, 3.05) is 13.1 Å². The Bertz CT molecular complexity index is 409. The van der Waals surface area contributed by atoms with Gasteiger partial charge in [0.05, 0.1) is 0 Å². The van der Waals surface area contributed by atoms with Crippen molar-refractivity contribution < 1.29 is 0 Å². The van der Waals surface area contributed by atoms with Crippen molar-refractivity contribution >= 4 is 0 Å². The third-order valence-electron chi connectivity index (χ3n) is 4.80. The summed E-state index contributed by atoms with van der Waals surface area (Å²) in [5.74, 6) is 2.49. The summed E-state index contributed by atoms with van der Waals surface area (Å²) in [6.07, 6.45) is 7.02. The van der Waals surface area contributed by atoms with E-state index < -0.39 is 0 Å². The van der Waals surface area contributed by atoms with E-state index in [0.717, 1.165) is 24.3 Å². The van der Waals surface area contributed by atoms with Gasteiger partial charge >= 0.3 is 0 Å². The zero-order chi connectivity index (χ0) is 15.2. The molecule has 1 aromatic rings. The van der Waals surface area contributed by atoms with Crippen molar-refractivity contribution in [3.8, 4) is 0 Å². The molecule has 0 aromatic heterocycles. The lowest BCUT2D eigenvalue weighted by Crippen LogP contribution is -2.31. The largest absolute Gasteiger partial charge is 0.316 e. The summed E-state index contributed by atoms with van der Waals surface area (Å²) in [4.78, 5) is 0. The lowest BCUT2D eigenvalue weighted by Gasteiger charge is -2.25. The summed E-state index contributed by atoms with van der Waals surface area (Å²) in [6.45, 7) is 11.4. The molecule has 0 saturated heterocycles. The maximum absolute atomic E-state index is 3.71. The van der Waals surface area contributed by atoms with Gasteiger partial charge in [0.25, 0.3) is 0 Å². The van der Waals surface area contributed by atoms with Crippen LogP contribution in [0.1, 0.15) is 56.2 Å². The van der Waals surface area contributed by atoms with Crippen molar-refractivity contribution in [2.45, 2.75) is 59.8 Å². The molecule has 1 heteroatoms. The van der Waals surface area contributed by atoms with Gasteiger partial charge in [0.1, 0.15) is 0 Å². The van der Waals surface area contributed by atoms with Gasteiger partial charge in [-0.15, -0.1) is 0 Å². The minimum absolute atomic E-state index is 0.746. The minimum atomic E-state index is 0.746. The monoisotopic (exact) mass is 287 g/mol. The molecule has 1 N–H and O–H groups in total. The number of benzene rings is 1. The van der Waals surface area contributed by atoms with Crippen LogP contribution in [0, 0.1) is 31.6 Å². The Labute approximate surface area is 131 Å². The number of hydrogen-bond donors (Lipinski definition) is 1. The average Bonchev–Trinajstić information content (AvgIpc) is 2.89. The van der Waals surface area contributed by atoms with Crippen LogP contribution in [-0.4, -0.2) is 13.1 Å². The zero-order valence-corrected chi connectivity index (χ0v) is 14.4. The van der Waals surface area contributed by atoms with E-state index in [1.807, 2.05) is 0 Å². The number of hydrogen-bond acceptors (Lipinski definition) is 1. The van der Waals surface area contributed by atoms with Crippen LogP contribution in [-0.2, 0) is 6.42 Å². The van der Waals surface area contributed by atoms with Crippen molar-refractivity contribution in [1.29, 1.82) is 0 Å². The molecule has 1 unspecified atom stereocenters. The van der Waals surface area contributed by atoms with E-state index in [9.17, 15) is 0 Å². The second kappa shape index (κ2) is 7.98. The van der Waals surface area contributed by atoms with Gasteiger partial charge in [-0.2, -0.15) is 0 Å². The Hall–Kier alpha value is -0.820. The molecule has 0 heterocycles. The molecule has 0 spiro atoms. The third-order valence-corrected chi connectivity index (χ3v) is 4.80. The predicted molar refractivity (Wildman–Crippen MR) is 92.8 cm³/mol. The second-order valence-corrected chi connectivity index (χ2v) is 7.56. The summed E-state index contributed by atoms with van der Waals surface area (Å²) in [6, 6.07) is 7.06. The van der Waals surface area contributed by atoms with Gasteiger partial charge in [0.15, 0.2) is 0 Å². The molecule has 1 atom stereocenters. The molecule has 2 rings (SSSR count). The average molecular weight is 287 g/mol. The summed E-state index contributed by atoms with van der Waals surface area (Å²) in [5, 5.41) is 3.71. The molecule has 0 bridgehead atoms. The molecule has 1 aromatic carbocycles. The highest BCUT2D eigenvalue weighted by Gasteiger charge is 2.25. The van der Waals surface area contributed by atoms with Crippen molar-refractivity contribution in [2.24, 2.45) is 17.8 Å². The van der Waals surface area contributed by atoms with Gasteiger partial charge in [-0.25, -0.2) is 0 Å². The topological polar surface area (TPSA) is 12.0 Å². The maximum atomic E-state index is 3.71. The summed E-state index contributed by atoms with van der Waals surface area (Å²) in [5.41, 5.74) is 4.35. The molecule has 118 valence electrons. The molecule has 21 heavy (non-hydrogen) atoms. The molecule has 1 saturated carbocycles. The first kappa shape index (κ1) is 16.5. The molecular formula is C20H33N. The van der Waals surface area contributed by atoms with E-state index in [1.165, 1.54) is 55.3 Å². The van der Waals surface area contributed by atoms with Crippen molar-refractivity contribution in [3.05, 3.63) is 34.9 Å².